The molecule has 5 nitrogen and oxygen atoms in total. The Morgan fingerprint density at radius 3 is 2.48 bits per heavy atom. The second kappa shape index (κ2) is 5.83. The average Bonchev–Trinajstić information content (AvgIpc) is 2.45. The molecule has 0 spiro atoms. The van der Waals surface area contributed by atoms with Gasteiger partial charge in [0, 0.05) is 17.8 Å². The van der Waals surface area contributed by atoms with Gasteiger partial charge >= 0.3 is 5.97 Å². The van der Waals surface area contributed by atoms with Crippen molar-refractivity contribution in [2.24, 2.45) is 0 Å². The zero-order chi connectivity index (χ0) is 14.7. The number of carboxylic acid groups (broad SMARTS) is 1. The Bertz CT molecular complexity index is 659. The fourth-order valence-electron chi connectivity index (χ4n) is 2.18. The van der Waals surface area contributed by atoms with Gasteiger partial charge in [0.25, 0.3) is 0 Å². The highest BCUT2D eigenvalue weighted by Crippen LogP contribution is 2.35. The van der Waals surface area contributed by atoms with E-state index in [-0.39, 0.29) is 5.69 Å². The van der Waals surface area contributed by atoms with Crippen molar-refractivity contribution >= 4 is 18.1 Å². The molecule has 3 rings (SSSR count). The molecular weight excluding hydrogens is 266 g/mol. The van der Waals surface area contributed by atoms with E-state index >= 15 is 0 Å². The predicted molar refractivity (Wildman–Crippen MR) is 78.7 cm³/mol. The van der Waals surface area contributed by atoms with Gasteiger partial charge in [0.15, 0.2) is 5.69 Å². The van der Waals surface area contributed by atoms with Crippen LogP contribution in [0.5, 0.6) is 0 Å². The lowest BCUT2D eigenvalue weighted by atomic mass is 9.82. The van der Waals surface area contributed by atoms with Crippen LogP contribution in [0.4, 0.5) is 0 Å². The van der Waals surface area contributed by atoms with Crippen LogP contribution in [0.15, 0.2) is 30.7 Å². The molecule has 1 saturated carbocycles. The molecule has 0 bridgehead atoms. The number of rotatable bonds is 4. The van der Waals surface area contributed by atoms with Gasteiger partial charge in [-0.15, -0.1) is 0 Å². The Hall–Kier alpha value is -2.56. The number of pyridine rings is 1. The lowest BCUT2D eigenvalue weighted by Crippen LogP contribution is -2.10. The van der Waals surface area contributed by atoms with E-state index in [4.69, 9.17) is 5.11 Å². The molecule has 0 saturated heterocycles. The Balaban J connectivity index is 1.68. The monoisotopic (exact) mass is 281 g/mol. The van der Waals surface area contributed by atoms with E-state index in [1.165, 1.54) is 37.4 Å². The summed E-state index contributed by atoms with van der Waals surface area (Å²) in [5.41, 5.74) is 2.72. The third-order valence-corrected chi connectivity index (χ3v) is 3.67. The van der Waals surface area contributed by atoms with Crippen molar-refractivity contribution in [1.29, 1.82) is 0 Å². The second-order valence-corrected chi connectivity index (χ2v) is 5.11. The molecule has 2 aromatic rings. The standard InChI is InChI=1S/C16H15N3O2/c20-16(21)15-10-17-13(9-19-15)6-4-11-5-7-14(18-8-11)12-2-1-3-12/h4-10,12H,1-3H2,(H,20,21)/b6-4+. The number of carboxylic acids is 1. The molecule has 5 heteroatoms. The van der Waals surface area contributed by atoms with E-state index < -0.39 is 5.97 Å². The van der Waals surface area contributed by atoms with Crippen LogP contribution in [-0.2, 0) is 0 Å². The lowest BCUT2D eigenvalue weighted by molar-refractivity contribution is 0.0690. The van der Waals surface area contributed by atoms with Crippen molar-refractivity contribution in [2.45, 2.75) is 25.2 Å². The topological polar surface area (TPSA) is 76.0 Å². The Kier molecular flexibility index (Phi) is 3.73. The van der Waals surface area contributed by atoms with Crippen molar-refractivity contribution in [3.05, 3.63) is 53.4 Å². The summed E-state index contributed by atoms with van der Waals surface area (Å²) >= 11 is 0. The third kappa shape index (κ3) is 3.13. The number of carbonyl (C=O) groups is 1. The van der Waals surface area contributed by atoms with E-state index in [9.17, 15) is 4.79 Å². The van der Waals surface area contributed by atoms with E-state index in [2.05, 4.69) is 21.0 Å². The minimum atomic E-state index is -1.08. The van der Waals surface area contributed by atoms with Crippen LogP contribution in [0.1, 0.15) is 52.6 Å². The van der Waals surface area contributed by atoms with Gasteiger partial charge in [0.1, 0.15) is 0 Å². The molecule has 1 aliphatic carbocycles. The van der Waals surface area contributed by atoms with Gasteiger partial charge in [-0.05, 0) is 30.5 Å². The van der Waals surface area contributed by atoms with Crippen LogP contribution >= 0.6 is 0 Å². The molecule has 1 aliphatic rings. The third-order valence-electron chi connectivity index (χ3n) is 3.67. The van der Waals surface area contributed by atoms with Crippen LogP contribution in [-0.4, -0.2) is 26.0 Å². The fourth-order valence-corrected chi connectivity index (χ4v) is 2.18. The zero-order valence-electron chi connectivity index (χ0n) is 11.4. The van der Waals surface area contributed by atoms with E-state index in [0.717, 1.165) is 5.56 Å². The van der Waals surface area contributed by atoms with Gasteiger partial charge in [0.2, 0.25) is 0 Å². The summed E-state index contributed by atoms with van der Waals surface area (Å²) in [5, 5.41) is 8.75. The van der Waals surface area contributed by atoms with Crippen LogP contribution in [0.3, 0.4) is 0 Å². The van der Waals surface area contributed by atoms with Gasteiger partial charge in [-0.2, -0.15) is 0 Å². The summed E-state index contributed by atoms with van der Waals surface area (Å²) in [6, 6.07) is 4.11. The fraction of sp³-hybridized carbons (Fsp3) is 0.250. The summed E-state index contributed by atoms with van der Waals surface area (Å²) in [6.45, 7) is 0. The van der Waals surface area contributed by atoms with Gasteiger partial charge in [-0.3, -0.25) is 9.97 Å². The summed E-state index contributed by atoms with van der Waals surface area (Å²) < 4.78 is 0. The normalized spacial score (nSPS) is 15.0. The smallest absolute Gasteiger partial charge is 0.356 e. The van der Waals surface area contributed by atoms with Crippen LogP contribution in [0, 0.1) is 0 Å². The quantitative estimate of drug-likeness (QED) is 0.932. The number of hydrogen-bond acceptors (Lipinski definition) is 4. The van der Waals surface area contributed by atoms with Gasteiger partial charge in [-0.1, -0.05) is 18.6 Å². The number of nitrogens with zero attached hydrogens (tertiary/aromatic N) is 3. The van der Waals surface area contributed by atoms with Gasteiger partial charge < -0.3 is 5.11 Å². The predicted octanol–water partition coefficient (Wildman–Crippen LogP) is 3.01. The highest BCUT2D eigenvalue weighted by Gasteiger charge is 2.20. The summed E-state index contributed by atoms with van der Waals surface area (Å²) in [6.07, 6.45) is 12.0. The molecule has 21 heavy (non-hydrogen) atoms. The van der Waals surface area contributed by atoms with Gasteiger partial charge in [-0.25, -0.2) is 9.78 Å². The SMILES string of the molecule is O=C(O)c1cnc(/C=C/c2ccc(C3CCC3)nc2)cn1. The lowest BCUT2D eigenvalue weighted by Gasteiger charge is -2.24. The van der Waals surface area contributed by atoms with Crippen molar-refractivity contribution in [3.8, 4) is 0 Å². The maximum absolute atomic E-state index is 10.7. The summed E-state index contributed by atoms with van der Waals surface area (Å²) in [4.78, 5) is 23.0. The van der Waals surface area contributed by atoms with Crippen LogP contribution < -0.4 is 0 Å². The number of aromatic nitrogens is 3. The second-order valence-electron chi connectivity index (χ2n) is 5.11. The highest BCUT2D eigenvalue weighted by atomic mass is 16.4. The summed E-state index contributed by atoms with van der Waals surface area (Å²) in [5.74, 6) is -0.439. The average molecular weight is 281 g/mol. The molecule has 2 heterocycles. The molecule has 1 fully saturated rings. The van der Waals surface area contributed by atoms with Gasteiger partial charge in [0.05, 0.1) is 18.1 Å². The molecule has 0 aromatic carbocycles. The first-order valence-corrected chi connectivity index (χ1v) is 6.92. The Morgan fingerprint density at radius 1 is 1.10 bits per heavy atom. The molecule has 2 aromatic heterocycles. The first kappa shape index (κ1) is 13.4. The van der Waals surface area contributed by atoms with E-state index in [0.29, 0.717) is 11.6 Å². The van der Waals surface area contributed by atoms with Crippen molar-refractivity contribution < 1.29 is 9.90 Å². The molecule has 0 unspecified atom stereocenters. The molecular formula is C16H15N3O2. The number of hydrogen-bond donors (Lipinski definition) is 1. The molecule has 106 valence electrons. The molecule has 0 amide bonds. The molecule has 0 radical (unpaired) electrons. The maximum Gasteiger partial charge on any atom is 0.356 e. The highest BCUT2D eigenvalue weighted by molar-refractivity contribution is 5.84. The molecule has 0 aliphatic heterocycles. The van der Waals surface area contributed by atoms with Crippen LogP contribution in [0.2, 0.25) is 0 Å². The minimum Gasteiger partial charge on any atom is -0.476 e. The van der Waals surface area contributed by atoms with Crippen molar-refractivity contribution in [2.75, 3.05) is 0 Å². The van der Waals surface area contributed by atoms with E-state index in [1.54, 1.807) is 6.08 Å². The Morgan fingerprint density at radius 2 is 1.95 bits per heavy atom. The van der Waals surface area contributed by atoms with Crippen molar-refractivity contribution in [3.63, 3.8) is 0 Å². The van der Waals surface area contributed by atoms with Crippen LogP contribution in [0.25, 0.3) is 12.2 Å². The zero-order valence-corrected chi connectivity index (χ0v) is 11.4. The first-order valence-electron chi connectivity index (χ1n) is 6.92. The number of aromatic carboxylic acids is 1. The first-order chi connectivity index (χ1) is 10.2. The molecule has 1 N–H and O–H groups in total. The maximum atomic E-state index is 10.7. The largest absolute Gasteiger partial charge is 0.476 e. The summed E-state index contributed by atoms with van der Waals surface area (Å²) in [7, 11) is 0. The Labute approximate surface area is 122 Å². The molecule has 0 atom stereocenters. The van der Waals surface area contributed by atoms with Crippen molar-refractivity contribution in [1.82, 2.24) is 15.0 Å². The van der Waals surface area contributed by atoms with E-state index in [1.807, 2.05) is 18.3 Å². The minimum absolute atomic E-state index is 0.0568.